The molecule has 1 aromatic carbocycles. The molecule has 1 aromatic rings. The van der Waals surface area contributed by atoms with Gasteiger partial charge in [-0.1, -0.05) is 29.8 Å². The average molecular weight is 423 g/mol. The number of amides is 1. The van der Waals surface area contributed by atoms with E-state index in [0.717, 1.165) is 5.71 Å². The molecule has 0 radical (unpaired) electrons. The highest BCUT2D eigenvalue weighted by Crippen LogP contribution is 2.47. The number of nitrogens with one attached hydrogen (secondary N) is 1. The third-order valence-electron chi connectivity index (χ3n) is 4.63. The molecule has 1 saturated carbocycles. The van der Waals surface area contributed by atoms with Crippen LogP contribution in [0.4, 0.5) is 0 Å². The van der Waals surface area contributed by atoms with Gasteiger partial charge in [-0.25, -0.2) is 10.2 Å². The Kier molecular flexibility index (Phi) is 6.00. The number of carbonyl (C=O) groups excluding carboxylic acids is 2. The number of nitrogens with zero attached hydrogens (tertiary/aromatic N) is 1. The maximum atomic E-state index is 12.8. The molecule has 1 N–H and O–H groups in total. The Balaban J connectivity index is 1.99. The third kappa shape index (κ3) is 4.02. The van der Waals surface area contributed by atoms with Gasteiger partial charge in [-0.15, -0.1) is 0 Å². The van der Waals surface area contributed by atoms with Gasteiger partial charge in [0.05, 0.1) is 7.11 Å². The molecule has 7 nitrogen and oxygen atoms in total. The van der Waals surface area contributed by atoms with Gasteiger partial charge >= 0.3 is 11.2 Å². The predicted molar refractivity (Wildman–Crippen MR) is 108 cm³/mol. The second-order valence-corrected chi connectivity index (χ2v) is 7.21. The van der Waals surface area contributed by atoms with E-state index in [1.807, 2.05) is 0 Å². The van der Waals surface area contributed by atoms with Crippen LogP contribution in [0.15, 0.2) is 35.1 Å². The van der Waals surface area contributed by atoms with E-state index in [1.165, 1.54) is 14.0 Å². The molecule has 1 spiro atoms. The van der Waals surface area contributed by atoms with Gasteiger partial charge in [0.15, 0.2) is 11.4 Å². The van der Waals surface area contributed by atoms with Crippen LogP contribution in [0.2, 0.25) is 5.02 Å². The molecule has 1 aliphatic carbocycles. The summed E-state index contributed by atoms with van der Waals surface area (Å²) in [7, 11) is 1.39. The van der Waals surface area contributed by atoms with E-state index in [1.54, 1.807) is 24.3 Å². The fourth-order valence-electron chi connectivity index (χ4n) is 3.30. The molecule has 0 saturated heterocycles. The lowest BCUT2D eigenvalue weighted by atomic mass is 9.81. The number of hydrogen-bond acceptors (Lipinski definition) is 7. The van der Waals surface area contributed by atoms with Gasteiger partial charge in [0.25, 0.3) is 0 Å². The largest absolute Gasteiger partial charge is 0.460 e. The summed E-state index contributed by atoms with van der Waals surface area (Å²) in [6, 6.07) is 6.96. The van der Waals surface area contributed by atoms with E-state index in [0.29, 0.717) is 42.0 Å². The summed E-state index contributed by atoms with van der Waals surface area (Å²) in [6.07, 6.45) is 1.92. The molecule has 3 rings (SSSR count). The molecule has 9 heteroatoms. The van der Waals surface area contributed by atoms with Crippen LogP contribution in [0.3, 0.4) is 0 Å². The highest BCUT2D eigenvalue weighted by Gasteiger charge is 2.52. The van der Waals surface area contributed by atoms with Crippen molar-refractivity contribution in [2.75, 3.05) is 7.11 Å². The first-order chi connectivity index (χ1) is 13.4. The van der Waals surface area contributed by atoms with Crippen LogP contribution in [-0.4, -0.2) is 35.5 Å². The first-order valence-corrected chi connectivity index (χ1v) is 9.46. The van der Waals surface area contributed by atoms with Crippen LogP contribution in [0.25, 0.3) is 5.57 Å². The number of methoxy groups -OCH3 is 1. The van der Waals surface area contributed by atoms with Gasteiger partial charge in [0.1, 0.15) is 5.57 Å². The minimum atomic E-state index is -0.983. The van der Waals surface area contributed by atoms with E-state index in [2.05, 4.69) is 10.5 Å². The van der Waals surface area contributed by atoms with Crippen molar-refractivity contribution in [3.05, 3.63) is 40.6 Å². The summed E-state index contributed by atoms with van der Waals surface area (Å²) < 4.78 is 16.5. The molecule has 1 amide bonds. The van der Waals surface area contributed by atoms with Crippen molar-refractivity contribution in [2.45, 2.75) is 38.2 Å². The van der Waals surface area contributed by atoms with Crippen LogP contribution >= 0.6 is 23.8 Å². The molecule has 28 heavy (non-hydrogen) atoms. The van der Waals surface area contributed by atoms with E-state index in [9.17, 15) is 9.59 Å². The molecule has 1 heterocycles. The number of thiocarbonyl (C=S) groups is 1. The van der Waals surface area contributed by atoms with Gasteiger partial charge in [-0.3, -0.25) is 4.79 Å². The van der Waals surface area contributed by atoms with Gasteiger partial charge in [0, 0.05) is 35.4 Å². The van der Waals surface area contributed by atoms with Crippen molar-refractivity contribution in [3.63, 3.8) is 0 Å². The Morgan fingerprint density at radius 1 is 1.32 bits per heavy atom. The van der Waals surface area contributed by atoms with Crippen LogP contribution in [0, 0.1) is 0 Å². The molecule has 1 aliphatic heterocycles. The van der Waals surface area contributed by atoms with Gasteiger partial charge < -0.3 is 14.2 Å². The Hall–Kier alpha value is -2.45. The molecular weight excluding hydrogens is 404 g/mol. The van der Waals surface area contributed by atoms with Crippen LogP contribution < -0.4 is 5.43 Å². The molecule has 0 atom stereocenters. The van der Waals surface area contributed by atoms with Crippen molar-refractivity contribution in [3.8, 4) is 0 Å². The number of benzene rings is 1. The minimum Gasteiger partial charge on any atom is -0.460 e. The third-order valence-corrected chi connectivity index (χ3v) is 5.21. The summed E-state index contributed by atoms with van der Waals surface area (Å²) in [4.78, 5) is 23.8. The topological polar surface area (TPSA) is 86.2 Å². The monoisotopic (exact) mass is 422 g/mol. The van der Waals surface area contributed by atoms with E-state index in [-0.39, 0.29) is 16.7 Å². The molecule has 1 fully saturated rings. The Morgan fingerprint density at radius 2 is 2.00 bits per heavy atom. The lowest BCUT2D eigenvalue weighted by Crippen LogP contribution is -2.39. The second-order valence-electron chi connectivity index (χ2n) is 6.47. The highest BCUT2D eigenvalue weighted by atomic mass is 35.5. The maximum absolute atomic E-state index is 12.8. The highest BCUT2D eigenvalue weighted by molar-refractivity contribution is 7.79. The van der Waals surface area contributed by atoms with Crippen LogP contribution in [-0.2, 0) is 23.8 Å². The van der Waals surface area contributed by atoms with Crippen molar-refractivity contribution in [1.29, 1.82) is 0 Å². The van der Waals surface area contributed by atoms with Crippen molar-refractivity contribution in [1.82, 2.24) is 5.43 Å². The van der Waals surface area contributed by atoms with Crippen molar-refractivity contribution >= 4 is 52.2 Å². The Morgan fingerprint density at radius 3 is 2.61 bits per heavy atom. The lowest BCUT2D eigenvalue weighted by Gasteiger charge is -2.34. The lowest BCUT2D eigenvalue weighted by molar-refractivity contribution is -0.148. The zero-order valence-electron chi connectivity index (χ0n) is 15.4. The smallest absolute Gasteiger partial charge is 0.357 e. The first-order valence-electron chi connectivity index (χ1n) is 8.67. The molecule has 2 aliphatic rings. The molecular formula is C19H19ClN2O5S. The van der Waals surface area contributed by atoms with E-state index >= 15 is 0 Å². The van der Waals surface area contributed by atoms with Crippen LogP contribution in [0.5, 0.6) is 0 Å². The maximum Gasteiger partial charge on any atom is 0.357 e. The summed E-state index contributed by atoms with van der Waals surface area (Å²) in [5, 5.41) is 4.38. The van der Waals surface area contributed by atoms with E-state index < -0.39 is 11.6 Å². The number of rotatable bonds is 3. The van der Waals surface area contributed by atoms with Gasteiger partial charge in [-0.2, -0.15) is 5.10 Å². The summed E-state index contributed by atoms with van der Waals surface area (Å²) in [5.74, 6) is -0.462. The Bertz CT molecular complexity index is 886. The van der Waals surface area contributed by atoms with Crippen molar-refractivity contribution < 1.29 is 23.8 Å². The Labute approximate surface area is 172 Å². The fraction of sp³-hybridized carbons (Fsp3) is 0.368. The number of carbonyl (C=O) groups is 2. The number of halogens is 1. The van der Waals surface area contributed by atoms with Gasteiger partial charge in [-0.05, 0) is 31.7 Å². The fourth-order valence-corrected chi connectivity index (χ4v) is 3.62. The number of esters is 1. The van der Waals surface area contributed by atoms with Crippen molar-refractivity contribution in [2.24, 2.45) is 5.10 Å². The molecule has 0 unspecified atom stereocenters. The quantitative estimate of drug-likeness (QED) is 0.456. The standard InChI is InChI=1S/C19H19ClN2O5S/c1-11(23)21-22-12-7-9-19(10-8-12)16(26-18(28)25-2)15(17(24)27-19)13-5-3-4-6-14(13)20/h3-6H,7-10H2,1-2H3,(H,21,23). The average Bonchev–Trinajstić information content (AvgIpc) is 2.92. The van der Waals surface area contributed by atoms with Crippen LogP contribution in [0.1, 0.15) is 38.2 Å². The predicted octanol–water partition coefficient (Wildman–Crippen LogP) is 3.36. The SMILES string of the molecule is COC(=S)OC1=C(c2ccccc2Cl)C(=O)OC12CCC(=NNC(C)=O)CC2. The first kappa shape index (κ1) is 20.3. The zero-order valence-corrected chi connectivity index (χ0v) is 17.0. The number of hydrazone groups is 1. The molecule has 148 valence electrons. The van der Waals surface area contributed by atoms with E-state index in [4.69, 9.17) is 38.0 Å². The zero-order chi connectivity index (χ0) is 20.3. The minimum absolute atomic E-state index is 0.116. The number of hydrogen-bond donors (Lipinski definition) is 1. The van der Waals surface area contributed by atoms with Gasteiger partial charge in [0.2, 0.25) is 5.91 Å². The normalized spacial score (nSPS) is 21.4. The summed E-state index contributed by atoms with van der Waals surface area (Å²) in [6.45, 7) is 1.39. The summed E-state index contributed by atoms with van der Waals surface area (Å²) in [5.41, 5.74) is 3.03. The summed E-state index contributed by atoms with van der Waals surface area (Å²) >= 11 is 11.4. The molecule has 0 aromatic heterocycles. The second kappa shape index (κ2) is 8.28. The number of ether oxygens (including phenoxy) is 3. The molecule has 0 bridgehead atoms.